The van der Waals surface area contributed by atoms with Gasteiger partial charge in [-0.2, -0.15) is 0 Å². The summed E-state index contributed by atoms with van der Waals surface area (Å²) in [6, 6.07) is 30.8. The monoisotopic (exact) mass is 459 g/mol. The Bertz CT molecular complexity index is 1000. The van der Waals surface area contributed by atoms with Gasteiger partial charge in [-0.3, -0.25) is 4.90 Å². The van der Waals surface area contributed by atoms with Crippen molar-refractivity contribution in [2.45, 2.75) is 56.6 Å². The Morgan fingerprint density at radius 2 is 1.18 bits per heavy atom. The molecule has 3 aromatic rings. The maximum atomic E-state index is 10.5. The summed E-state index contributed by atoms with van der Waals surface area (Å²) in [6.07, 6.45) is 0.0722. The van der Waals surface area contributed by atoms with Gasteiger partial charge >= 0.3 is 0 Å². The molecule has 2 fully saturated rings. The lowest BCUT2D eigenvalue weighted by Gasteiger charge is -2.28. The van der Waals surface area contributed by atoms with E-state index in [9.17, 15) is 5.11 Å². The van der Waals surface area contributed by atoms with E-state index in [1.807, 2.05) is 54.6 Å². The summed E-state index contributed by atoms with van der Waals surface area (Å²) in [5.41, 5.74) is 3.43. The Balaban J connectivity index is 1.32. The molecule has 5 rings (SSSR count). The molecule has 0 aliphatic carbocycles. The fraction of sp³-hybridized carbons (Fsp3) is 0.379. The van der Waals surface area contributed by atoms with Crippen molar-refractivity contribution < 1.29 is 19.3 Å². The van der Waals surface area contributed by atoms with E-state index < -0.39 is 0 Å². The Morgan fingerprint density at radius 1 is 0.676 bits per heavy atom. The van der Waals surface area contributed by atoms with E-state index in [0.717, 1.165) is 16.7 Å². The maximum Gasteiger partial charge on any atom is 0.103 e. The van der Waals surface area contributed by atoms with Crippen molar-refractivity contribution >= 4 is 0 Å². The van der Waals surface area contributed by atoms with Gasteiger partial charge in [0.25, 0.3) is 0 Å². The van der Waals surface area contributed by atoms with Crippen LogP contribution in [0.25, 0.3) is 0 Å². The number of fused-ring (bicyclic) bond motifs is 1. The molecule has 5 heteroatoms. The molecule has 1 N–H and O–H groups in total. The van der Waals surface area contributed by atoms with Crippen LogP contribution in [0.1, 0.15) is 23.1 Å². The minimum absolute atomic E-state index is 0.0235. The molecule has 0 unspecified atom stereocenters. The standard InChI is InChI=1S/C29H33NO4/c31-25-16-26-28(33-19-23-12-6-2-7-13-23)29(34-20-24-14-8-3-9-15-24)27(30(26)17-25)21-32-18-22-10-4-1-5-11-22/h1-15,25-29,31H,16-21H2/t25-,26-,27-,28-,29-/m1/s1. The van der Waals surface area contributed by atoms with E-state index >= 15 is 0 Å². The molecule has 0 bridgehead atoms. The van der Waals surface area contributed by atoms with Crippen molar-refractivity contribution in [3.05, 3.63) is 108 Å². The first-order valence-electron chi connectivity index (χ1n) is 12.1. The lowest BCUT2D eigenvalue weighted by atomic mass is 10.0. The molecule has 0 aromatic heterocycles. The minimum Gasteiger partial charge on any atom is -0.392 e. The topological polar surface area (TPSA) is 51.2 Å². The first-order chi connectivity index (χ1) is 16.8. The van der Waals surface area contributed by atoms with Crippen molar-refractivity contribution in [3.63, 3.8) is 0 Å². The summed E-state index contributed by atoms with van der Waals surface area (Å²) in [4.78, 5) is 2.35. The molecule has 2 aliphatic heterocycles. The highest BCUT2D eigenvalue weighted by atomic mass is 16.5. The predicted molar refractivity (Wildman–Crippen MR) is 131 cm³/mol. The van der Waals surface area contributed by atoms with E-state index in [1.54, 1.807) is 0 Å². The van der Waals surface area contributed by atoms with Crippen molar-refractivity contribution in [1.82, 2.24) is 4.90 Å². The second-order valence-corrected chi connectivity index (χ2v) is 9.24. The number of benzene rings is 3. The average molecular weight is 460 g/mol. The van der Waals surface area contributed by atoms with Crippen LogP contribution in [0.5, 0.6) is 0 Å². The van der Waals surface area contributed by atoms with Crippen LogP contribution in [0.3, 0.4) is 0 Å². The molecule has 2 aliphatic rings. The van der Waals surface area contributed by atoms with Crippen molar-refractivity contribution in [2.24, 2.45) is 0 Å². The quantitative estimate of drug-likeness (QED) is 0.493. The number of hydrogen-bond acceptors (Lipinski definition) is 5. The van der Waals surface area contributed by atoms with Crippen molar-refractivity contribution in [2.75, 3.05) is 13.2 Å². The Morgan fingerprint density at radius 3 is 1.74 bits per heavy atom. The normalized spacial score (nSPS) is 26.6. The summed E-state index contributed by atoms with van der Waals surface area (Å²) < 4.78 is 19.2. The van der Waals surface area contributed by atoms with Crippen LogP contribution in [0.15, 0.2) is 91.0 Å². The molecule has 0 spiro atoms. The lowest BCUT2D eigenvalue weighted by molar-refractivity contribution is -0.0901. The van der Waals surface area contributed by atoms with Gasteiger partial charge < -0.3 is 19.3 Å². The minimum atomic E-state index is -0.348. The summed E-state index contributed by atoms with van der Waals surface area (Å²) >= 11 is 0. The summed E-state index contributed by atoms with van der Waals surface area (Å²) in [5.74, 6) is 0. The van der Waals surface area contributed by atoms with Crippen molar-refractivity contribution in [3.8, 4) is 0 Å². The number of aliphatic hydroxyl groups is 1. The van der Waals surface area contributed by atoms with Gasteiger partial charge in [0.05, 0.1) is 38.6 Å². The molecule has 5 atom stereocenters. The van der Waals surface area contributed by atoms with Gasteiger partial charge in [0.15, 0.2) is 0 Å². The van der Waals surface area contributed by atoms with E-state index in [2.05, 4.69) is 41.3 Å². The van der Waals surface area contributed by atoms with Gasteiger partial charge in [0.2, 0.25) is 0 Å². The third kappa shape index (κ3) is 5.57. The van der Waals surface area contributed by atoms with Crippen LogP contribution < -0.4 is 0 Å². The van der Waals surface area contributed by atoms with E-state index in [4.69, 9.17) is 14.2 Å². The number of ether oxygens (including phenoxy) is 3. The second-order valence-electron chi connectivity index (χ2n) is 9.24. The second kappa shape index (κ2) is 11.3. The Kier molecular flexibility index (Phi) is 7.69. The molecular formula is C29H33NO4. The third-order valence-corrected chi connectivity index (χ3v) is 6.84. The first-order valence-corrected chi connectivity index (χ1v) is 12.1. The number of aliphatic hydroxyl groups excluding tert-OH is 1. The van der Waals surface area contributed by atoms with E-state index in [0.29, 0.717) is 39.4 Å². The third-order valence-electron chi connectivity index (χ3n) is 6.84. The molecule has 34 heavy (non-hydrogen) atoms. The highest BCUT2D eigenvalue weighted by Crippen LogP contribution is 2.38. The van der Waals surface area contributed by atoms with Gasteiger partial charge in [0, 0.05) is 12.6 Å². The van der Waals surface area contributed by atoms with Crippen LogP contribution in [-0.2, 0) is 34.0 Å². The Labute approximate surface area is 201 Å². The molecular weight excluding hydrogens is 426 g/mol. The summed E-state index contributed by atoms with van der Waals surface area (Å²) in [6.45, 7) is 2.76. The zero-order valence-corrected chi connectivity index (χ0v) is 19.4. The lowest BCUT2D eigenvalue weighted by Crippen LogP contribution is -2.43. The SMILES string of the molecule is O[C@@H]1C[C@@H]2[C@@H](OCc3ccccc3)[C@H](OCc3ccccc3)[C@@H](COCc3ccccc3)N2C1. The average Bonchev–Trinajstić information content (AvgIpc) is 3.38. The molecule has 3 aromatic carbocycles. The fourth-order valence-corrected chi connectivity index (χ4v) is 5.21. The molecule has 0 saturated carbocycles. The number of hydrogen-bond donors (Lipinski definition) is 1. The van der Waals surface area contributed by atoms with E-state index in [-0.39, 0.29) is 30.4 Å². The van der Waals surface area contributed by atoms with Gasteiger partial charge in [0.1, 0.15) is 12.2 Å². The van der Waals surface area contributed by atoms with E-state index in [1.165, 1.54) is 0 Å². The van der Waals surface area contributed by atoms with Gasteiger partial charge in [-0.25, -0.2) is 0 Å². The fourth-order valence-electron chi connectivity index (χ4n) is 5.21. The molecule has 178 valence electrons. The highest BCUT2D eigenvalue weighted by molar-refractivity contribution is 5.16. The zero-order chi connectivity index (χ0) is 23.2. The summed E-state index contributed by atoms with van der Waals surface area (Å²) in [7, 11) is 0. The predicted octanol–water partition coefficient (Wildman–Crippen LogP) is 4.19. The molecule has 2 saturated heterocycles. The van der Waals surface area contributed by atoms with Crippen molar-refractivity contribution in [1.29, 1.82) is 0 Å². The van der Waals surface area contributed by atoms with Crippen LogP contribution in [-0.4, -0.2) is 53.6 Å². The van der Waals surface area contributed by atoms with Gasteiger partial charge in [-0.15, -0.1) is 0 Å². The smallest absolute Gasteiger partial charge is 0.103 e. The Hall–Kier alpha value is -2.54. The number of rotatable bonds is 10. The van der Waals surface area contributed by atoms with Crippen LogP contribution in [0, 0.1) is 0 Å². The number of nitrogens with zero attached hydrogens (tertiary/aromatic N) is 1. The molecule has 2 heterocycles. The zero-order valence-electron chi connectivity index (χ0n) is 19.4. The largest absolute Gasteiger partial charge is 0.392 e. The molecule has 5 nitrogen and oxygen atoms in total. The first kappa shape index (κ1) is 23.2. The maximum absolute atomic E-state index is 10.5. The molecule has 0 radical (unpaired) electrons. The summed E-state index contributed by atoms with van der Waals surface area (Å²) in [5, 5.41) is 10.5. The van der Waals surface area contributed by atoms with Crippen LogP contribution >= 0.6 is 0 Å². The van der Waals surface area contributed by atoms with Gasteiger partial charge in [-0.1, -0.05) is 91.0 Å². The van der Waals surface area contributed by atoms with Crippen LogP contribution in [0.2, 0.25) is 0 Å². The highest BCUT2D eigenvalue weighted by Gasteiger charge is 2.54. The van der Waals surface area contributed by atoms with Gasteiger partial charge in [-0.05, 0) is 23.1 Å². The molecule has 0 amide bonds. The van der Waals surface area contributed by atoms with Crippen LogP contribution in [0.4, 0.5) is 0 Å².